The van der Waals surface area contributed by atoms with Gasteiger partial charge in [0.15, 0.2) is 5.96 Å². The summed E-state index contributed by atoms with van der Waals surface area (Å²) in [6.07, 6.45) is 6.41. The molecule has 12 N–H and O–H groups in total. The second-order valence-corrected chi connectivity index (χ2v) is 9.18. The number of aliphatic imine (C=N–C) groups is 1. The van der Waals surface area contributed by atoms with Crippen LogP contribution in [0.5, 0.6) is 0 Å². The molecule has 1 fully saturated rings. The minimum absolute atomic E-state index is 0.0333. The Morgan fingerprint density at radius 1 is 1.05 bits per heavy atom. The van der Waals surface area contributed by atoms with E-state index in [1.165, 1.54) is 12.5 Å². The van der Waals surface area contributed by atoms with Crippen LogP contribution in [0.3, 0.4) is 0 Å². The standard InChI is InChI=1S/C23H40N10O5/c24-8-2-1-5-17(22(37)38)32-21(36)18(11-14-12-27-13-30-14)33-20(35)16(7-4-10-29-23(25)26)31-19(34)15-6-3-9-28-15/h12-13,15-18,28H,1-11,24H2,(H,27,30)(H,31,34)(H,32,36)(H,33,35)(H,37,38)(H4,25,26,29). The number of guanidine groups is 1. The molecule has 1 aromatic heterocycles. The van der Waals surface area contributed by atoms with E-state index < -0.39 is 42.0 Å². The second-order valence-electron chi connectivity index (χ2n) is 9.18. The number of unbranched alkanes of at least 4 members (excludes halogenated alkanes) is 1. The highest BCUT2D eigenvalue weighted by molar-refractivity contribution is 5.94. The van der Waals surface area contributed by atoms with Crippen LogP contribution in [-0.4, -0.2) is 88.5 Å². The topological polar surface area (TPSA) is 256 Å². The van der Waals surface area contributed by atoms with Crippen LogP contribution in [0.4, 0.5) is 0 Å². The van der Waals surface area contributed by atoms with Crippen molar-refractivity contribution < 1.29 is 24.3 Å². The number of aromatic amines is 1. The minimum Gasteiger partial charge on any atom is -0.480 e. The molecule has 15 nitrogen and oxygen atoms in total. The maximum Gasteiger partial charge on any atom is 0.326 e. The Morgan fingerprint density at radius 3 is 2.37 bits per heavy atom. The molecule has 4 unspecified atom stereocenters. The summed E-state index contributed by atoms with van der Waals surface area (Å²) < 4.78 is 0. The van der Waals surface area contributed by atoms with Crippen molar-refractivity contribution in [3.05, 3.63) is 18.2 Å². The van der Waals surface area contributed by atoms with Crippen LogP contribution in [0.2, 0.25) is 0 Å². The van der Waals surface area contributed by atoms with Gasteiger partial charge < -0.3 is 48.6 Å². The molecule has 4 atom stereocenters. The summed E-state index contributed by atoms with van der Waals surface area (Å²) in [5, 5.41) is 20.6. The number of nitrogens with one attached hydrogen (secondary N) is 5. The summed E-state index contributed by atoms with van der Waals surface area (Å²) in [4.78, 5) is 61.6. The van der Waals surface area contributed by atoms with Gasteiger partial charge in [-0.3, -0.25) is 19.4 Å². The lowest BCUT2D eigenvalue weighted by Gasteiger charge is -2.25. The Kier molecular flexibility index (Phi) is 13.0. The van der Waals surface area contributed by atoms with Crippen LogP contribution in [-0.2, 0) is 25.6 Å². The molecule has 3 amide bonds. The molecule has 212 valence electrons. The van der Waals surface area contributed by atoms with E-state index in [1.54, 1.807) is 0 Å². The molecule has 1 aliphatic rings. The van der Waals surface area contributed by atoms with Gasteiger partial charge in [0.1, 0.15) is 18.1 Å². The monoisotopic (exact) mass is 536 g/mol. The van der Waals surface area contributed by atoms with Crippen molar-refractivity contribution in [3.63, 3.8) is 0 Å². The third-order valence-electron chi connectivity index (χ3n) is 6.13. The first-order valence-electron chi connectivity index (χ1n) is 12.8. The number of carbonyl (C=O) groups excluding carboxylic acids is 3. The first kappa shape index (κ1) is 30.5. The van der Waals surface area contributed by atoms with E-state index in [9.17, 15) is 24.3 Å². The van der Waals surface area contributed by atoms with Gasteiger partial charge in [0, 0.05) is 24.9 Å². The Hall–Kier alpha value is -3.72. The Labute approximate surface area is 221 Å². The van der Waals surface area contributed by atoms with Gasteiger partial charge >= 0.3 is 5.97 Å². The van der Waals surface area contributed by atoms with Gasteiger partial charge in [-0.15, -0.1) is 0 Å². The van der Waals surface area contributed by atoms with Gasteiger partial charge in [0.2, 0.25) is 17.7 Å². The zero-order valence-electron chi connectivity index (χ0n) is 21.4. The van der Waals surface area contributed by atoms with Crippen LogP contribution in [0.1, 0.15) is 50.6 Å². The summed E-state index contributed by atoms with van der Waals surface area (Å²) in [5.41, 5.74) is 16.8. The molecular weight excluding hydrogens is 496 g/mol. The lowest BCUT2D eigenvalue weighted by molar-refractivity contribution is -0.142. The van der Waals surface area contributed by atoms with Gasteiger partial charge in [-0.2, -0.15) is 0 Å². The number of carboxylic acid groups (broad SMARTS) is 1. The van der Waals surface area contributed by atoms with E-state index in [4.69, 9.17) is 17.2 Å². The van der Waals surface area contributed by atoms with Crippen molar-refractivity contribution in [2.24, 2.45) is 22.2 Å². The summed E-state index contributed by atoms with van der Waals surface area (Å²) in [5.74, 6) is -2.84. The Morgan fingerprint density at radius 2 is 1.76 bits per heavy atom. The van der Waals surface area contributed by atoms with Gasteiger partial charge in [0.25, 0.3) is 0 Å². The molecular formula is C23H40N10O5. The van der Waals surface area contributed by atoms with Crippen molar-refractivity contribution in [3.8, 4) is 0 Å². The Balaban J connectivity index is 2.15. The number of imidazole rings is 1. The fraction of sp³-hybridized carbons (Fsp3) is 0.652. The van der Waals surface area contributed by atoms with E-state index in [-0.39, 0.29) is 37.7 Å². The predicted molar refractivity (Wildman–Crippen MR) is 140 cm³/mol. The number of amides is 3. The lowest BCUT2D eigenvalue weighted by Crippen LogP contribution is -2.57. The molecule has 1 aliphatic heterocycles. The molecule has 38 heavy (non-hydrogen) atoms. The number of nitrogens with zero attached hydrogens (tertiary/aromatic N) is 2. The Bertz CT molecular complexity index is 929. The van der Waals surface area contributed by atoms with Crippen LogP contribution >= 0.6 is 0 Å². The summed E-state index contributed by atoms with van der Waals surface area (Å²) in [7, 11) is 0. The number of carboxylic acids is 1. The second kappa shape index (κ2) is 16.2. The molecule has 1 saturated heterocycles. The molecule has 0 spiro atoms. The van der Waals surface area contributed by atoms with Crippen LogP contribution in [0.25, 0.3) is 0 Å². The highest BCUT2D eigenvalue weighted by Gasteiger charge is 2.31. The van der Waals surface area contributed by atoms with Gasteiger partial charge in [-0.1, -0.05) is 0 Å². The molecule has 0 radical (unpaired) electrons. The maximum atomic E-state index is 13.3. The molecule has 0 aliphatic carbocycles. The van der Waals surface area contributed by atoms with Gasteiger partial charge in [0.05, 0.1) is 12.4 Å². The van der Waals surface area contributed by atoms with Crippen molar-refractivity contribution in [1.29, 1.82) is 0 Å². The molecule has 0 bridgehead atoms. The highest BCUT2D eigenvalue weighted by atomic mass is 16.4. The van der Waals surface area contributed by atoms with Crippen molar-refractivity contribution in [2.75, 3.05) is 19.6 Å². The van der Waals surface area contributed by atoms with Crippen LogP contribution in [0, 0.1) is 0 Å². The highest BCUT2D eigenvalue weighted by Crippen LogP contribution is 2.09. The molecule has 15 heteroatoms. The molecule has 2 rings (SSSR count). The summed E-state index contributed by atoms with van der Waals surface area (Å²) in [6, 6.07) is -3.63. The third-order valence-corrected chi connectivity index (χ3v) is 6.13. The average molecular weight is 537 g/mol. The number of H-pyrrole nitrogens is 1. The van der Waals surface area contributed by atoms with E-state index in [0.29, 0.717) is 44.5 Å². The number of hydrogen-bond acceptors (Lipinski definition) is 8. The van der Waals surface area contributed by atoms with Crippen molar-refractivity contribution >= 4 is 29.7 Å². The minimum atomic E-state index is -1.18. The number of nitrogens with two attached hydrogens (primary N) is 3. The largest absolute Gasteiger partial charge is 0.480 e. The number of aromatic nitrogens is 2. The van der Waals surface area contributed by atoms with E-state index in [2.05, 4.69) is 36.2 Å². The molecule has 1 aromatic rings. The fourth-order valence-corrected chi connectivity index (χ4v) is 4.07. The van der Waals surface area contributed by atoms with Crippen LogP contribution < -0.4 is 38.5 Å². The molecule has 0 aromatic carbocycles. The maximum absolute atomic E-state index is 13.3. The number of hydrogen-bond donors (Lipinski definition) is 9. The quantitative estimate of drug-likeness (QED) is 0.0571. The lowest BCUT2D eigenvalue weighted by atomic mass is 10.1. The van der Waals surface area contributed by atoms with Gasteiger partial charge in [-0.25, -0.2) is 9.78 Å². The first-order valence-corrected chi connectivity index (χ1v) is 12.8. The molecule has 2 heterocycles. The zero-order chi connectivity index (χ0) is 27.9. The van der Waals surface area contributed by atoms with E-state index in [0.717, 1.165) is 6.42 Å². The van der Waals surface area contributed by atoms with Crippen LogP contribution in [0.15, 0.2) is 17.5 Å². The molecule has 0 saturated carbocycles. The zero-order valence-corrected chi connectivity index (χ0v) is 21.4. The first-order chi connectivity index (χ1) is 18.2. The van der Waals surface area contributed by atoms with E-state index in [1.807, 2.05) is 0 Å². The van der Waals surface area contributed by atoms with Crippen molar-refractivity contribution in [2.45, 2.75) is 75.5 Å². The average Bonchev–Trinajstić information content (AvgIpc) is 3.59. The van der Waals surface area contributed by atoms with Crippen molar-refractivity contribution in [1.82, 2.24) is 31.2 Å². The van der Waals surface area contributed by atoms with E-state index >= 15 is 0 Å². The van der Waals surface area contributed by atoms with Gasteiger partial charge in [-0.05, 0) is 58.0 Å². The smallest absolute Gasteiger partial charge is 0.326 e. The number of rotatable bonds is 17. The predicted octanol–water partition coefficient (Wildman–Crippen LogP) is -2.57. The SMILES string of the molecule is NCCCCC(NC(=O)C(Cc1cnc[nH]1)NC(=O)C(CCCN=C(N)N)NC(=O)C1CCCN1)C(=O)O. The normalized spacial score (nSPS) is 17.1. The summed E-state index contributed by atoms with van der Waals surface area (Å²) in [6.45, 7) is 1.37. The number of carbonyl (C=O) groups is 4. The fourth-order valence-electron chi connectivity index (χ4n) is 4.07. The number of aliphatic carboxylic acids is 1. The summed E-state index contributed by atoms with van der Waals surface area (Å²) >= 11 is 0. The third kappa shape index (κ3) is 10.7.